The third-order valence-electron chi connectivity index (χ3n) is 5.73. The van der Waals surface area contributed by atoms with Gasteiger partial charge in [-0.25, -0.2) is 4.79 Å². The van der Waals surface area contributed by atoms with Crippen LogP contribution in [0.25, 0.3) is 22.5 Å². The van der Waals surface area contributed by atoms with Crippen molar-refractivity contribution in [1.29, 1.82) is 0 Å². The Labute approximate surface area is 208 Å². The molecule has 0 radical (unpaired) electrons. The molecular weight excluding hydrogens is 466 g/mol. The van der Waals surface area contributed by atoms with Gasteiger partial charge < -0.3 is 14.0 Å². The van der Waals surface area contributed by atoms with Gasteiger partial charge in [0.1, 0.15) is 6.10 Å². The van der Waals surface area contributed by atoms with Gasteiger partial charge in [-0.15, -0.1) is 0 Å². The molecule has 1 atom stereocenters. The minimum atomic E-state index is -0.502. The molecule has 0 fully saturated rings. The minimum absolute atomic E-state index is 0.0115. The molecule has 0 spiro atoms. The normalized spacial score (nSPS) is 11.7. The van der Waals surface area contributed by atoms with E-state index in [0.29, 0.717) is 27.6 Å². The third-order valence-corrected chi connectivity index (χ3v) is 6.07. The Bertz CT molecular complexity index is 1380. The average Bonchev–Trinajstić information content (AvgIpc) is 3.23. The highest BCUT2D eigenvalue weighted by atomic mass is 35.5. The molecule has 0 saturated heterocycles. The van der Waals surface area contributed by atoms with E-state index in [4.69, 9.17) is 25.6 Å². The zero-order valence-corrected chi connectivity index (χ0v) is 20.3. The number of ether oxygens (including phenoxy) is 2. The fourth-order valence-corrected chi connectivity index (χ4v) is 4.22. The van der Waals surface area contributed by atoms with E-state index in [9.17, 15) is 9.59 Å². The van der Waals surface area contributed by atoms with Gasteiger partial charge in [-0.2, -0.15) is 0 Å². The van der Waals surface area contributed by atoms with Gasteiger partial charge >= 0.3 is 11.9 Å². The molecule has 0 aliphatic heterocycles. The summed E-state index contributed by atoms with van der Waals surface area (Å²) in [4.78, 5) is 25.0. The molecule has 7 heteroatoms. The van der Waals surface area contributed by atoms with Crippen LogP contribution in [0.4, 0.5) is 0 Å². The van der Waals surface area contributed by atoms with Crippen LogP contribution in [-0.4, -0.2) is 24.2 Å². The molecule has 178 valence electrons. The van der Waals surface area contributed by atoms with Crippen LogP contribution in [-0.2, 0) is 20.7 Å². The first-order chi connectivity index (χ1) is 16.9. The minimum Gasteiger partial charge on any atom is -0.465 e. The number of hydrogen-bond acceptors (Lipinski definition) is 6. The van der Waals surface area contributed by atoms with Crippen molar-refractivity contribution in [1.82, 2.24) is 5.16 Å². The molecule has 1 heterocycles. The highest BCUT2D eigenvalue weighted by Gasteiger charge is 2.22. The second kappa shape index (κ2) is 10.6. The largest absolute Gasteiger partial charge is 0.465 e. The number of halogens is 1. The number of methoxy groups -OCH3 is 1. The van der Waals surface area contributed by atoms with E-state index in [-0.39, 0.29) is 6.42 Å². The molecule has 1 aromatic heterocycles. The highest BCUT2D eigenvalue weighted by Crippen LogP contribution is 2.33. The Balaban J connectivity index is 1.61. The molecule has 3 aromatic carbocycles. The quantitative estimate of drug-likeness (QED) is 0.272. The summed E-state index contributed by atoms with van der Waals surface area (Å²) in [5.74, 6) is -0.364. The van der Waals surface area contributed by atoms with Crippen molar-refractivity contribution < 1.29 is 23.6 Å². The summed E-state index contributed by atoms with van der Waals surface area (Å²) >= 11 is 6.24. The fraction of sp³-hybridized carbons (Fsp3) is 0.179. The Kier molecular flexibility index (Phi) is 7.32. The third kappa shape index (κ3) is 5.28. The monoisotopic (exact) mass is 489 g/mol. The maximum absolute atomic E-state index is 12.8. The summed E-state index contributed by atoms with van der Waals surface area (Å²) in [5.41, 5.74) is 4.69. The zero-order chi connectivity index (χ0) is 24.9. The lowest BCUT2D eigenvalue weighted by Gasteiger charge is -2.15. The van der Waals surface area contributed by atoms with E-state index in [0.717, 1.165) is 22.3 Å². The lowest BCUT2D eigenvalue weighted by atomic mass is 9.96. The molecule has 0 N–H and O–H groups in total. The van der Waals surface area contributed by atoms with Crippen molar-refractivity contribution in [3.8, 4) is 22.5 Å². The van der Waals surface area contributed by atoms with Gasteiger partial charge in [0.25, 0.3) is 0 Å². The SMILES string of the molecule is COC(=O)c1ccccc1-c1cccc(-c2onc(C)c2CC(=O)OC(C)c2ccccc2Cl)c1. The van der Waals surface area contributed by atoms with Crippen LogP contribution in [0.5, 0.6) is 0 Å². The number of nitrogens with zero attached hydrogens (tertiary/aromatic N) is 1. The zero-order valence-electron chi connectivity index (χ0n) is 19.6. The molecule has 35 heavy (non-hydrogen) atoms. The molecule has 0 aliphatic carbocycles. The number of carbonyl (C=O) groups excluding carboxylic acids is 2. The van der Waals surface area contributed by atoms with Gasteiger partial charge in [-0.3, -0.25) is 4.79 Å². The molecule has 0 aliphatic rings. The van der Waals surface area contributed by atoms with Crippen LogP contribution < -0.4 is 0 Å². The number of carbonyl (C=O) groups is 2. The summed E-state index contributed by atoms with van der Waals surface area (Å²) in [6.45, 7) is 3.56. The van der Waals surface area contributed by atoms with Crippen molar-refractivity contribution in [2.24, 2.45) is 0 Å². The second-order valence-corrected chi connectivity index (χ2v) is 8.43. The Morgan fingerprint density at radius 2 is 1.71 bits per heavy atom. The molecule has 0 amide bonds. The maximum atomic E-state index is 12.8. The summed E-state index contributed by atoms with van der Waals surface area (Å²) in [5, 5.41) is 4.62. The Morgan fingerprint density at radius 3 is 2.49 bits per heavy atom. The van der Waals surface area contributed by atoms with Crippen molar-refractivity contribution in [2.45, 2.75) is 26.4 Å². The van der Waals surface area contributed by atoms with Gasteiger partial charge in [0.15, 0.2) is 5.76 Å². The first-order valence-corrected chi connectivity index (χ1v) is 11.4. The summed E-state index contributed by atoms with van der Waals surface area (Å²) in [6.07, 6.45) is -0.513. The predicted octanol–water partition coefficient (Wildman–Crippen LogP) is 6.60. The van der Waals surface area contributed by atoms with Crippen LogP contribution in [0, 0.1) is 6.92 Å². The lowest BCUT2D eigenvalue weighted by molar-refractivity contribution is -0.147. The number of hydrogen-bond donors (Lipinski definition) is 0. The molecular formula is C28H24ClNO5. The van der Waals surface area contributed by atoms with E-state index in [1.165, 1.54) is 7.11 Å². The number of aromatic nitrogens is 1. The van der Waals surface area contributed by atoms with Gasteiger partial charge in [0.05, 0.1) is 24.8 Å². The summed E-state index contributed by atoms with van der Waals surface area (Å²) < 4.78 is 16.2. The van der Waals surface area contributed by atoms with Crippen LogP contribution in [0.15, 0.2) is 77.3 Å². The summed E-state index contributed by atoms with van der Waals surface area (Å²) in [7, 11) is 1.35. The van der Waals surface area contributed by atoms with Crippen LogP contribution in [0.3, 0.4) is 0 Å². The molecule has 4 aromatic rings. The average molecular weight is 490 g/mol. The van der Waals surface area contributed by atoms with Crippen molar-refractivity contribution in [3.05, 3.63) is 100 Å². The van der Waals surface area contributed by atoms with Crippen LogP contribution in [0.2, 0.25) is 5.02 Å². The molecule has 1 unspecified atom stereocenters. The van der Waals surface area contributed by atoms with Crippen LogP contribution in [0.1, 0.15) is 40.2 Å². The topological polar surface area (TPSA) is 78.6 Å². The number of benzene rings is 3. The first-order valence-electron chi connectivity index (χ1n) is 11.1. The number of esters is 2. The Hall–Kier alpha value is -3.90. The maximum Gasteiger partial charge on any atom is 0.338 e. The lowest BCUT2D eigenvalue weighted by Crippen LogP contribution is -2.12. The first kappa shape index (κ1) is 24.2. The Morgan fingerprint density at radius 1 is 1.00 bits per heavy atom. The van der Waals surface area contributed by atoms with Crippen molar-refractivity contribution in [2.75, 3.05) is 7.11 Å². The smallest absolute Gasteiger partial charge is 0.338 e. The molecule has 0 saturated carbocycles. The van der Waals surface area contributed by atoms with E-state index < -0.39 is 18.0 Å². The van der Waals surface area contributed by atoms with E-state index in [1.807, 2.05) is 54.6 Å². The molecule has 4 rings (SSSR count). The standard InChI is InChI=1S/C28H24ClNO5/c1-17-24(16-26(31)34-18(2)21-11-6-7-14-25(21)29)27(35-30-17)20-10-8-9-19(15-20)22-12-4-5-13-23(22)28(32)33-3/h4-15,18H,16H2,1-3H3. The van der Waals surface area contributed by atoms with E-state index in [2.05, 4.69) is 5.16 Å². The summed E-state index contributed by atoms with van der Waals surface area (Å²) in [6, 6.07) is 22.0. The van der Waals surface area contributed by atoms with E-state index >= 15 is 0 Å². The molecule has 0 bridgehead atoms. The van der Waals surface area contributed by atoms with Gasteiger partial charge in [-0.1, -0.05) is 71.4 Å². The van der Waals surface area contributed by atoms with Crippen molar-refractivity contribution in [3.63, 3.8) is 0 Å². The van der Waals surface area contributed by atoms with Crippen molar-refractivity contribution >= 4 is 23.5 Å². The fourth-order valence-electron chi connectivity index (χ4n) is 3.93. The molecule has 6 nitrogen and oxygen atoms in total. The second-order valence-electron chi connectivity index (χ2n) is 8.02. The number of rotatable bonds is 7. The van der Waals surface area contributed by atoms with E-state index in [1.54, 1.807) is 32.0 Å². The van der Waals surface area contributed by atoms with Gasteiger partial charge in [0.2, 0.25) is 0 Å². The van der Waals surface area contributed by atoms with Crippen LogP contribution >= 0.6 is 11.6 Å². The van der Waals surface area contributed by atoms with Gasteiger partial charge in [0, 0.05) is 21.7 Å². The highest BCUT2D eigenvalue weighted by molar-refractivity contribution is 6.31. The predicted molar refractivity (Wildman–Crippen MR) is 133 cm³/mol. The number of aryl methyl sites for hydroxylation is 1. The van der Waals surface area contributed by atoms with Gasteiger partial charge in [-0.05, 0) is 43.2 Å².